The molecule has 0 radical (unpaired) electrons. The zero-order valence-corrected chi connectivity index (χ0v) is 15.8. The second-order valence-corrected chi connectivity index (χ2v) is 6.53. The molecule has 0 saturated carbocycles. The molecule has 0 fully saturated rings. The predicted octanol–water partition coefficient (Wildman–Crippen LogP) is 4.39. The summed E-state index contributed by atoms with van der Waals surface area (Å²) in [6.07, 6.45) is 1.01. The summed E-state index contributed by atoms with van der Waals surface area (Å²) >= 11 is 0. The van der Waals surface area contributed by atoms with E-state index in [0.29, 0.717) is 17.2 Å². The van der Waals surface area contributed by atoms with Crippen LogP contribution < -0.4 is 16.8 Å². The average molecular weight is 372 g/mol. The van der Waals surface area contributed by atoms with Crippen LogP contribution in [0.2, 0.25) is 0 Å². The van der Waals surface area contributed by atoms with E-state index in [1.165, 1.54) is 11.1 Å². The zero-order valence-electron chi connectivity index (χ0n) is 15.8. The van der Waals surface area contributed by atoms with Gasteiger partial charge in [0.05, 0.1) is 5.69 Å². The highest BCUT2D eigenvalue weighted by Gasteiger charge is 2.12. The molecule has 3 aromatic rings. The Morgan fingerprint density at radius 2 is 1.61 bits per heavy atom. The molecule has 0 aliphatic heterocycles. The number of carbonyl (C=O) groups excluding carboxylic acids is 1. The van der Waals surface area contributed by atoms with Gasteiger partial charge in [-0.15, -0.1) is 0 Å². The largest absolute Gasteiger partial charge is 0.370 e. The minimum atomic E-state index is -0.213. The standard InChI is InChI=1S/C23H24N4O/c1-2-21(16-7-4-3-5-8-16)17-11-13-19(14-12-17)26-22(28)18-9-6-10-20(15-18)27-23(24)25/h3-15,21H,2H2,1H3,(H,26,28)(H4,24,25,27). The van der Waals surface area contributed by atoms with Crippen LogP contribution >= 0.6 is 0 Å². The number of aliphatic imine (C=N–C) groups is 1. The molecule has 0 aliphatic carbocycles. The van der Waals surface area contributed by atoms with Gasteiger partial charge >= 0.3 is 0 Å². The van der Waals surface area contributed by atoms with E-state index in [-0.39, 0.29) is 11.9 Å². The molecule has 0 bridgehead atoms. The van der Waals surface area contributed by atoms with Crippen molar-refractivity contribution in [2.24, 2.45) is 16.5 Å². The van der Waals surface area contributed by atoms with Crippen molar-refractivity contribution in [3.8, 4) is 0 Å². The van der Waals surface area contributed by atoms with Gasteiger partial charge in [-0.2, -0.15) is 0 Å². The highest BCUT2D eigenvalue weighted by Crippen LogP contribution is 2.28. The van der Waals surface area contributed by atoms with Crippen molar-refractivity contribution in [3.63, 3.8) is 0 Å². The molecule has 0 aliphatic rings. The highest BCUT2D eigenvalue weighted by molar-refractivity contribution is 6.04. The third-order valence-corrected chi connectivity index (χ3v) is 4.55. The lowest BCUT2D eigenvalue weighted by Gasteiger charge is -2.16. The van der Waals surface area contributed by atoms with Crippen LogP contribution in [0.4, 0.5) is 11.4 Å². The normalized spacial score (nSPS) is 11.5. The van der Waals surface area contributed by atoms with Crippen molar-refractivity contribution in [3.05, 3.63) is 95.6 Å². The summed E-state index contributed by atoms with van der Waals surface area (Å²) in [7, 11) is 0. The first-order valence-corrected chi connectivity index (χ1v) is 9.22. The first-order chi connectivity index (χ1) is 13.6. The van der Waals surface area contributed by atoms with Crippen LogP contribution in [0.3, 0.4) is 0 Å². The lowest BCUT2D eigenvalue weighted by Crippen LogP contribution is -2.21. The quantitative estimate of drug-likeness (QED) is 0.442. The number of nitrogens with zero attached hydrogens (tertiary/aromatic N) is 1. The Balaban J connectivity index is 1.74. The summed E-state index contributed by atoms with van der Waals surface area (Å²) < 4.78 is 0. The first-order valence-electron chi connectivity index (χ1n) is 9.22. The Hall–Kier alpha value is -3.60. The van der Waals surface area contributed by atoms with Gasteiger partial charge in [-0.3, -0.25) is 4.79 Å². The molecule has 0 saturated heterocycles. The molecule has 0 aromatic heterocycles. The van der Waals surface area contributed by atoms with Crippen LogP contribution in [0.5, 0.6) is 0 Å². The molecule has 1 amide bonds. The molecular formula is C23H24N4O. The van der Waals surface area contributed by atoms with Gasteiger partial charge in [0.25, 0.3) is 5.91 Å². The molecule has 0 heterocycles. The molecule has 3 aromatic carbocycles. The number of guanidine groups is 1. The van der Waals surface area contributed by atoms with Crippen molar-refractivity contribution >= 4 is 23.2 Å². The van der Waals surface area contributed by atoms with E-state index < -0.39 is 0 Å². The van der Waals surface area contributed by atoms with Crippen LogP contribution in [0, 0.1) is 0 Å². The van der Waals surface area contributed by atoms with Crippen LogP contribution in [-0.4, -0.2) is 11.9 Å². The van der Waals surface area contributed by atoms with E-state index in [9.17, 15) is 4.79 Å². The Bertz CT molecular complexity index is 961. The molecule has 142 valence electrons. The fraction of sp³-hybridized carbons (Fsp3) is 0.130. The third kappa shape index (κ3) is 4.76. The third-order valence-electron chi connectivity index (χ3n) is 4.55. The summed E-state index contributed by atoms with van der Waals surface area (Å²) in [4.78, 5) is 16.5. The van der Waals surface area contributed by atoms with Crippen molar-refractivity contribution in [1.29, 1.82) is 0 Å². The van der Waals surface area contributed by atoms with Crippen LogP contribution in [-0.2, 0) is 0 Å². The molecule has 5 nitrogen and oxygen atoms in total. The molecular weight excluding hydrogens is 348 g/mol. The van der Waals surface area contributed by atoms with Crippen LogP contribution in [0.1, 0.15) is 40.7 Å². The number of anilines is 1. The number of carbonyl (C=O) groups is 1. The number of hydrogen-bond acceptors (Lipinski definition) is 2. The molecule has 1 unspecified atom stereocenters. The molecule has 3 rings (SSSR count). The maximum Gasteiger partial charge on any atom is 0.255 e. The monoisotopic (exact) mass is 372 g/mol. The van der Waals surface area contributed by atoms with Gasteiger partial charge in [-0.05, 0) is 47.9 Å². The lowest BCUT2D eigenvalue weighted by molar-refractivity contribution is 0.102. The smallest absolute Gasteiger partial charge is 0.255 e. The van der Waals surface area contributed by atoms with E-state index in [2.05, 4.69) is 53.6 Å². The van der Waals surface area contributed by atoms with Gasteiger partial charge in [-0.25, -0.2) is 4.99 Å². The molecule has 0 spiro atoms. The fourth-order valence-electron chi connectivity index (χ4n) is 3.22. The summed E-state index contributed by atoms with van der Waals surface area (Å²) in [6.45, 7) is 2.18. The van der Waals surface area contributed by atoms with Crippen LogP contribution in [0.15, 0.2) is 83.9 Å². The summed E-state index contributed by atoms with van der Waals surface area (Å²) in [5.74, 6) is 0.0785. The van der Waals surface area contributed by atoms with Gasteiger partial charge in [-0.1, -0.05) is 55.5 Å². The Labute approximate surface area is 165 Å². The first kappa shape index (κ1) is 19.2. The average Bonchev–Trinajstić information content (AvgIpc) is 2.70. The summed E-state index contributed by atoms with van der Waals surface area (Å²) in [6, 6.07) is 25.3. The minimum Gasteiger partial charge on any atom is -0.370 e. The van der Waals surface area contributed by atoms with Gasteiger partial charge < -0.3 is 16.8 Å². The van der Waals surface area contributed by atoms with Gasteiger partial charge in [0.2, 0.25) is 0 Å². The molecule has 28 heavy (non-hydrogen) atoms. The summed E-state index contributed by atoms with van der Waals surface area (Å²) in [5, 5.41) is 2.91. The Kier molecular flexibility index (Phi) is 6.07. The van der Waals surface area contributed by atoms with Gasteiger partial charge in [0, 0.05) is 17.2 Å². The number of benzene rings is 3. The highest BCUT2D eigenvalue weighted by atomic mass is 16.1. The van der Waals surface area contributed by atoms with Gasteiger partial charge in [0.1, 0.15) is 0 Å². The van der Waals surface area contributed by atoms with Crippen LogP contribution in [0.25, 0.3) is 0 Å². The number of amides is 1. The van der Waals surface area contributed by atoms with Gasteiger partial charge in [0.15, 0.2) is 5.96 Å². The second kappa shape index (κ2) is 8.86. The number of nitrogens with one attached hydrogen (secondary N) is 1. The molecule has 1 atom stereocenters. The van der Waals surface area contributed by atoms with Crippen molar-refractivity contribution in [2.75, 3.05) is 5.32 Å². The number of rotatable bonds is 6. The van der Waals surface area contributed by atoms with E-state index in [1.807, 2.05) is 18.2 Å². The van der Waals surface area contributed by atoms with E-state index in [1.54, 1.807) is 24.3 Å². The lowest BCUT2D eigenvalue weighted by atomic mass is 9.89. The van der Waals surface area contributed by atoms with E-state index in [4.69, 9.17) is 11.5 Å². The van der Waals surface area contributed by atoms with Crippen molar-refractivity contribution < 1.29 is 4.79 Å². The molecule has 5 N–H and O–H groups in total. The summed E-state index contributed by atoms with van der Waals surface area (Å²) in [5.41, 5.74) is 15.1. The Morgan fingerprint density at radius 1 is 0.929 bits per heavy atom. The Morgan fingerprint density at radius 3 is 2.25 bits per heavy atom. The number of hydrogen-bond donors (Lipinski definition) is 3. The van der Waals surface area contributed by atoms with E-state index in [0.717, 1.165) is 12.1 Å². The SMILES string of the molecule is CCC(c1ccccc1)c1ccc(NC(=O)c2cccc(N=C(N)N)c2)cc1. The minimum absolute atomic E-state index is 0.0444. The second-order valence-electron chi connectivity index (χ2n) is 6.53. The topological polar surface area (TPSA) is 93.5 Å². The predicted molar refractivity (Wildman–Crippen MR) is 115 cm³/mol. The molecule has 5 heteroatoms. The number of nitrogens with two attached hydrogens (primary N) is 2. The maximum atomic E-state index is 12.5. The van der Waals surface area contributed by atoms with Crippen molar-refractivity contribution in [2.45, 2.75) is 19.3 Å². The maximum absolute atomic E-state index is 12.5. The van der Waals surface area contributed by atoms with Crippen molar-refractivity contribution in [1.82, 2.24) is 0 Å². The zero-order chi connectivity index (χ0) is 19.9. The fourth-order valence-corrected chi connectivity index (χ4v) is 3.22. The van der Waals surface area contributed by atoms with E-state index >= 15 is 0 Å².